The Morgan fingerprint density at radius 2 is 1.22 bits per heavy atom. The minimum absolute atomic E-state index is 0.433. The molecule has 8 heteroatoms. The Hall–Kier alpha value is -3.15. The van der Waals surface area contributed by atoms with E-state index in [4.69, 9.17) is 60.2 Å². The zero-order valence-electron chi connectivity index (χ0n) is 18.5. The van der Waals surface area contributed by atoms with E-state index in [-0.39, 0.29) is 0 Å². The summed E-state index contributed by atoms with van der Waals surface area (Å²) < 4.78 is 14.4. The molecule has 0 radical (unpaired) electrons. The van der Waals surface area contributed by atoms with Crippen molar-refractivity contribution < 1.29 is 8.83 Å². The summed E-state index contributed by atoms with van der Waals surface area (Å²) in [6, 6.07) is 26.4. The van der Waals surface area contributed by atoms with Crippen molar-refractivity contribution in [3.05, 3.63) is 111 Å². The van der Waals surface area contributed by atoms with Crippen LogP contribution in [0.5, 0.6) is 0 Å². The number of para-hydroxylation sites is 2. The predicted molar refractivity (Wildman–Crippen MR) is 146 cm³/mol. The molecule has 6 rings (SSSR count). The fourth-order valence-corrected chi connectivity index (χ4v) is 4.97. The standard InChI is InChI=1S/C28H16Cl4N2O2/c29-19-7-3-5-17(26(19)31)23-12-11-16(35-23)15-34-22-10-2-1-9-21(22)33-28(34)25-14-13-24(36-25)18-6-4-8-20(30)27(18)32/h1-14H,15H2. The van der Waals surface area contributed by atoms with Gasteiger partial charge in [0.2, 0.25) is 0 Å². The van der Waals surface area contributed by atoms with Crippen molar-refractivity contribution in [1.82, 2.24) is 9.55 Å². The summed E-state index contributed by atoms with van der Waals surface area (Å²) in [5.74, 6) is 3.24. The van der Waals surface area contributed by atoms with Crippen molar-refractivity contribution in [3.63, 3.8) is 0 Å². The van der Waals surface area contributed by atoms with Crippen LogP contribution in [-0.4, -0.2) is 9.55 Å². The highest BCUT2D eigenvalue weighted by Crippen LogP contribution is 2.38. The first-order valence-corrected chi connectivity index (χ1v) is 12.5. The zero-order chi connectivity index (χ0) is 24.8. The average Bonchev–Trinajstić information content (AvgIpc) is 3.62. The minimum atomic E-state index is 0.433. The molecule has 0 N–H and O–H groups in total. The Morgan fingerprint density at radius 1 is 0.611 bits per heavy atom. The molecule has 3 aromatic carbocycles. The van der Waals surface area contributed by atoms with E-state index in [1.54, 1.807) is 12.1 Å². The maximum Gasteiger partial charge on any atom is 0.177 e. The second-order valence-electron chi connectivity index (χ2n) is 8.14. The van der Waals surface area contributed by atoms with Crippen LogP contribution in [0.2, 0.25) is 20.1 Å². The Morgan fingerprint density at radius 3 is 1.94 bits per heavy atom. The molecule has 36 heavy (non-hydrogen) atoms. The Bertz CT molecular complexity index is 1730. The molecule has 3 heterocycles. The van der Waals surface area contributed by atoms with Crippen molar-refractivity contribution in [2.24, 2.45) is 0 Å². The first-order valence-electron chi connectivity index (χ1n) is 11.0. The molecule has 0 bridgehead atoms. The lowest BCUT2D eigenvalue weighted by molar-refractivity contribution is 0.506. The normalized spacial score (nSPS) is 11.4. The highest BCUT2D eigenvalue weighted by atomic mass is 35.5. The van der Waals surface area contributed by atoms with Crippen LogP contribution in [0.15, 0.2) is 93.8 Å². The molecule has 178 valence electrons. The van der Waals surface area contributed by atoms with E-state index in [0.717, 1.165) is 22.4 Å². The minimum Gasteiger partial charge on any atom is -0.459 e. The van der Waals surface area contributed by atoms with E-state index >= 15 is 0 Å². The highest BCUT2D eigenvalue weighted by Gasteiger charge is 2.19. The number of fused-ring (bicyclic) bond motifs is 1. The van der Waals surface area contributed by atoms with Crippen LogP contribution in [0.3, 0.4) is 0 Å². The molecule has 0 saturated heterocycles. The van der Waals surface area contributed by atoms with E-state index in [1.165, 1.54) is 0 Å². The maximum atomic E-state index is 6.42. The molecule has 4 nitrogen and oxygen atoms in total. The smallest absolute Gasteiger partial charge is 0.177 e. The summed E-state index contributed by atoms with van der Waals surface area (Å²) in [6.07, 6.45) is 0. The van der Waals surface area contributed by atoms with Crippen LogP contribution in [0, 0.1) is 0 Å². The van der Waals surface area contributed by atoms with Gasteiger partial charge in [-0.15, -0.1) is 0 Å². The fraction of sp³-hybridized carbons (Fsp3) is 0.0357. The van der Waals surface area contributed by atoms with Gasteiger partial charge in [-0.2, -0.15) is 0 Å². The van der Waals surface area contributed by atoms with Crippen molar-refractivity contribution in [2.45, 2.75) is 6.54 Å². The van der Waals surface area contributed by atoms with Gasteiger partial charge in [0, 0.05) is 11.1 Å². The van der Waals surface area contributed by atoms with Gasteiger partial charge in [0.15, 0.2) is 11.6 Å². The maximum absolute atomic E-state index is 6.42. The third-order valence-electron chi connectivity index (χ3n) is 5.89. The lowest BCUT2D eigenvalue weighted by atomic mass is 10.2. The summed E-state index contributed by atoms with van der Waals surface area (Å²) >= 11 is 25.2. The van der Waals surface area contributed by atoms with Crippen LogP contribution >= 0.6 is 46.4 Å². The highest BCUT2D eigenvalue weighted by molar-refractivity contribution is 6.44. The van der Waals surface area contributed by atoms with Gasteiger partial charge < -0.3 is 13.4 Å². The molecular weight excluding hydrogens is 538 g/mol. The second kappa shape index (κ2) is 9.38. The SMILES string of the molecule is Clc1cccc(-c2ccc(Cn3c(-c4ccc(-c5cccc(Cl)c5Cl)o4)nc4ccccc43)o2)c1Cl. The summed E-state index contributed by atoms with van der Waals surface area (Å²) in [4.78, 5) is 4.85. The molecule has 0 aliphatic carbocycles. The van der Waals surface area contributed by atoms with E-state index in [0.29, 0.717) is 55.3 Å². The first-order chi connectivity index (χ1) is 17.5. The van der Waals surface area contributed by atoms with E-state index in [2.05, 4.69) is 4.57 Å². The largest absolute Gasteiger partial charge is 0.459 e. The summed E-state index contributed by atoms with van der Waals surface area (Å²) in [7, 11) is 0. The average molecular weight is 554 g/mol. The Labute approximate surface area is 226 Å². The van der Waals surface area contributed by atoms with Crippen LogP contribution in [-0.2, 0) is 6.54 Å². The van der Waals surface area contributed by atoms with Gasteiger partial charge in [-0.25, -0.2) is 4.98 Å². The van der Waals surface area contributed by atoms with Crippen LogP contribution in [0.25, 0.3) is 45.3 Å². The molecule has 0 saturated carbocycles. The molecule has 0 aliphatic heterocycles. The fourth-order valence-electron chi connectivity index (χ4n) is 4.18. The number of benzene rings is 3. The molecule has 6 aromatic rings. The van der Waals surface area contributed by atoms with Crippen molar-refractivity contribution in [2.75, 3.05) is 0 Å². The van der Waals surface area contributed by atoms with Crippen LogP contribution in [0.4, 0.5) is 0 Å². The summed E-state index contributed by atoms with van der Waals surface area (Å²) in [5.41, 5.74) is 3.24. The number of nitrogens with zero attached hydrogens (tertiary/aromatic N) is 2. The number of furan rings is 2. The topological polar surface area (TPSA) is 44.1 Å². The number of imidazole rings is 1. The quantitative estimate of drug-likeness (QED) is 0.213. The third-order valence-corrected chi connectivity index (χ3v) is 7.53. The van der Waals surface area contributed by atoms with Crippen LogP contribution < -0.4 is 0 Å². The summed E-state index contributed by atoms with van der Waals surface area (Å²) in [6.45, 7) is 0.433. The van der Waals surface area contributed by atoms with Gasteiger partial charge in [0.1, 0.15) is 17.3 Å². The molecule has 0 aliphatic rings. The molecular formula is C28H16Cl4N2O2. The number of aromatic nitrogens is 2. The first kappa shape index (κ1) is 23.3. The van der Waals surface area contributed by atoms with E-state index in [1.807, 2.05) is 72.8 Å². The van der Waals surface area contributed by atoms with Gasteiger partial charge in [-0.1, -0.05) is 70.7 Å². The summed E-state index contributed by atoms with van der Waals surface area (Å²) in [5, 5.41) is 1.84. The third kappa shape index (κ3) is 4.10. The lowest BCUT2D eigenvalue weighted by Crippen LogP contribution is -2.01. The monoisotopic (exact) mass is 552 g/mol. The van der Waals surface area contributed by atoms with Crippen LogP contribution in [0.1, 0.15) is 5.76 Å². The van der Waals surface area contributed by atoms with E-state index < -0.39 is 0 Å². The van der Waals surface area contributed by atoms with Gasteiger partial charge in [-0.3, -0.25) is 0 Å². The lowest BCUT2D eigenvalue weighted by Gasteiger charge is -2.07. The van der Waals surface area contributed by atoms with Crippen molar-refractivity contribution >= 4 is 57.4 Å². The number of rotatable bonds is 5. The van der Waals surface area contributed by atoms with Gasteiger partial charge in [0.25, 0.3) is 0 Å². The van der Waals surface area contributed by atoms with Gasteiger partial charge in [0.05, 0.1) is 37.7 Å². The molecule has 0 atom stereocenters. The molecule has 0 amide bonds. The molecule has 0 spiro atoms. The van der Waals surface area contributed by atoms with Gasteiger partial charge >= 0.3 is 0 Å². The van der Waals surface area contributed by atoms with Gasteiger partial charge in [-0.05, 0) is 60.7 Å². The van der Waals surface area contributed by atoms with E-state index in [9.17, 15) is 0 Å². The number of halogens is 4. The van der Waals surface area contributed by atoms with Crippen molar-refractivity contribution in [1.29, 1.82) is 0 Å². The Balaban J connectivity index is 1.41. The number of hydrogen-bond acceptors (Lipinski definition) is 3. The van der Waals surface area contributed by atoms with Crippen molar-refractivity contribution in [3.8, 4) is 34.2 Å². The Kier molecular flexibility index (Phi) is 6.06. The molecule has 0 fully saturated rings. The number of hydrogen-bond donors (Lipinski definition) is 0. The molecule has 3 aromatic heterocycles. The molecule has 0 unspecified atom stereocenters. The predicted octanol–water partition coefficient (Wildman–Crippen LogP) is 9.89. The second-order valence-corrected chi connectivity index (χ2v) is 9.71. The zero-order valence-corrected chi connectivity index (χ0v) is 21.5.